The summed E-state index contributed by atoms with van der Waals surface area (Å²) in [5, 5.41) is 1.89. The summed E-state index contributed by atoms with van der Waals surface area (Å²) in [6, 6.07) is 9.90. The number of methoxy groups -OCH3 is 1. The summed E-state index contributed by atoms with van der Waals surface area (Å²) < 4.78 is 5.23. The van der Waals surface area contributed by atoms with Crippen LogP contribution in [0.3, 0.4) is 0 Å². The van der Waals surface area contributed by atoms with Crippen LogP contribution >= 0.6 is 11.3 Å². The molecule has 1 aromatic carbocycles. The summed E-state index contributed by atoms with van der Waals surface area (Å²) >= 11 is 1.44. The van der Waals surface area contributed by atoms with E-state index in [0.717, 1.165) is 5.56 Å². The first-order valence-electron chi connectivity index (χ1n) is 6.55. The van der Waals surface area contributed by atoms with Gasteiger partial charge >= 0.3 is 0 Å². The Hall–Kier alpha value is -1.61. The highest BCUT2D eigenvalue weighted by Gasteiger charge is 2.21. The average Bonchev–Trinajstić information content (AvgIpc) is 2.84. The van der Waals surface area contributed by atoms with E-state index in [4.69, 9.17) is 4.74 Å². The largest absolute Gasteiger partial charge is 0.495 e. The third-order valence-corrected chi connectivity index (χ3v) is 4.68. The molecule has 1 aliphatic carbocycles. The molecule has 3 rings (SSSR count). The number of rotatable bonds is 4. The number of hydrogen-bond donors (Lipinski definition) is 0. The fourth-order valence-electron chi connectivity index (χ4n) is 2.43. The van der Waals surface area contributed by atoms with E-state index in [0.29, 0.717) is 16.5 Å². The number of thiophene rings is 1. The molecule has 19 heavy (non-hydrogen) atoms. The maximum absolute atomic E-state index is 12.5. The Morgan fingerprint density at radius 1 is 1.32 bits per heavy atom. The SMILES string of the molecule is COc1ccsc1C(=O)c1cccc(C2CCC2)c1. The minimum Gasteiger partial charge on any atom is -0.495 e. The molecular weight excluding hydrogens is 256 g/mol. The van der Waals surface area contributed by atoms with Gasteiger partial charge in [0, 0.05) is 5.56 Å². The van der Waals surface area contributed by atoms with E-state index in [9.17, 15) is 4.79 Å². The van der Waals surface area contributed by atoms with Crippen LogP contribution in [0, 0.1) is 0 Å². The molecule has 1 aromatic heterocycles. The first kappa shape index (κ1) is 12.4. The Bertz CT molecular complexity index is 596. The zero-order chi connectivity index (χ0) is 13.2. The molecule has 0 amide bonds. The van der Waals surface area contributed by atoms with E-state index < -0.39 is 0 Å². The monoisotopic (exact) mass is 272 g/mol. The van der Waals surface area contributed by atoms with Crippen molar-refractivity contribution in [2.75, 3.05) is 7.11 Å². The summed E-state index contributed by atoms with van der Waals surface area (Å²) in [7, 11) is 1.60. The van der Waals surface area contributed by atoms with Gasteiger partial charge in [-0.3, -0.25) is 4.79 Å². The Morgan fingerprint density at radius 2 is 2.16 bits per heavy atom. The van der Waals surface area contributed by atoms with Crippen LogP contribution in [0.4, 0.5) is 0 Å². The fourth-order valence-corrected chi connectivity index (χ4v) is 3.25. The number of carbonyl (C=O) groups is 1. The maximum atomic E-state index is 12.5. The second-order valence-corrected chi connectivity index (χ2v) is 5.82. The number of carbonyl (C=O) groups excluding carboxylic acids is 1. The molecule has 1 aliphatic rings. The van der Waals surface area contributed by atoms with Crippen molar-refractivity contribution in [3.63, 3.8) is 0 Å². The Labute approximate surface area is 117 Å². The molecule has 0 bridgehead atoms. The van der Waals surface area contributed by atoms with Crippen LogP contribution in [0.1, 0.15) is 46.0 Å². The zero-order valence-electron chi connectivity index (χ0n) is 10.9. The Morgan fingerprint density at radius 3 is 2.84 bits per heavy atom. The summed E-state index contributed by atoms with van der Waals surface area (Å²) in [5.41, 5.74) is 2.07. The van der Waals surface area contributed by atoms with Crippen LogP contribution in [0.15, 0.2) is 35.7 Å². The van der Waals surface area contributed by atoms with Crippen molar-refractivity contribution < 1.29 is 9.53 Å². The number of ether oxygens (including phenoxy) is 1. The highest BCUT2D eigenvalue weighted by molar-refractivity contribution is 7.12. The molecule has 0 aliphatic heterocycles. The lowest BCUT2D eigenvalue weighted by atomic mass is 9.79. The first-order chi connectivity index (χ1) is 9.29. The molecule has 1 fully saturated rings. The second kappa shape index (κ2) is 5.17. The van der Waals surface area contributed by atoms with Gasteiger partial charge < -0.3 is 4.74 Å². The molecule has 0 N–H and O–H groups in total. The van der Waals surface area contributed by atoms with Gasteiger partial charge in [-0.25, -0.2) is 0 Å². The molecule has 3 heteroatoms. The van der Waals surface area contributed by atoms with Gasteiger partial charge in [-0.15, -0.1) is 11.3 Å². The topological polar surface area (TPSA) is 26.3 Å². The maximum Gasteiger partial charge on any atom is 0.206 e. The third kappa shape index (κ3) is 2.30. The summed E-state index contributed by atoms with van der Waals surface area (Å²) in [5.74, 6) is 1.38. The van der Waals surface area contributed by atoms with Crippen LogP contribution in [0.5, 0.6) is 5.75 Å². The van der Waals surface area contributed by atoms with Crippen molar-refractivity contribution >= 4 is 17.1 Å². The van der Waals surface area contributed by atoms with Crippen LogP contribution in [-0.2, 0) is 0 Å². The van der Waals surface area contributed by atoms with Crippen molar-refractivity contribution in [1.82, 2.24) is 0 Å². The molecule has 0 radical (unpaired) electrons. The van der Waals surface area contributed by atoms with Crippen LogP contribution in [0.2, 0.25) is 0 Å². The molecular formula is C16H16O2S. The lowest BCUT2D eigenvalue weighted by Gasteiger charge is -2.26. The van der Waals surface area contributed by atoms with Crippen molar-refractivity contribution in [1.29, 1.82) is 0 Å². The quantitative estimate of drug-likeness (QED) is 0.777. The molecule has 2 nitrogen and oxygen atoms in total. The minimum atomic E-state index is 0.0630. The summed E-state index contributed by atoms with van der Waals surface area (Å²) in [6.45, 7) is 0. The first-order valence-corrected chi connectivity index (χ1v) is 7.43. The Balaban J connectivity index is 1.91. The van der Waals surface area contributed by atoms with Gasteiger partial charge in [0.25, 0.3) is 0 Å². The van der Waals surface area contributed by atoms with E-state index in [1.54, 1.807) is 7.11 Å². The van der Waals surface area contributed by atoms with Gasteiger partial charge in [0.15, 0.2) is 0 Å². The van der Waals surface area contributed by atoms with E-state index >= 15 is 0 Å². The molecule has 2 aromatic rings. The van der Waals surface area contributed by atoms with Gasteiger partial charge in [-0.2, -0.15) is 0 Å². The molecule has 0 saturated heterocycles. The molecule has 0 spiro atoms. The van der Waals surface area contributed by atoms with E-state index in [-0.39, 0.29) is 5.78 Å². The normalized spacial score (nSPS) is 15.0. The Kier molecular flexibility index (Phi) is 3.38. The van der Waals surface area contributed by atoms with Crippen LogP contribution in [0.25, 0.3) is 0 Å². The molecule has 0 atom stereocenters. The van der Waals surface area contributed by atoms with Gasteiger partial charge in [-0.05, 0) is 41.8 Å². The minimum absolute atomic E-state index is 0.0630. The van der Waals surface area contributed by atoms with E-state index in [2.05, 4.69) is 6.07 Å². The molecule has 1 heterocycles. The van der Waals surface area contributed by atoms with E-state index in [1.165, 1.54) is 36.2 Å². The molecule has 98 valence electrons. The second-order valence-electron chi connectivity index (χ2n) is 4.90. The highest BCUT2D eigenvalue weighted by atomic mass is 32.1. The lowest BCUT2D eigenvalue weighted by Crippen LogP contribution is -2.10. The predicted octanol–water partition coefficient (Wildman–Crippen LogP) is 4.26. The van der Waals surface area contributed by atoms with Gasteiger partial charge in [-0.1, -0.05) is 24.6 Å². The third-order valence-electron chi connectivity index (χ3n) is 3.78. The van der Waals surface area contributed by atoms with Gasteiger partial charge in [0.1, 0.15) is 10.6 Å². The number of hydrogen-bond acceptors (Lipinski definition) is 3. The number of benzene rings is 1. The lowest BCUT2D eigenvalue weighted by molar-refractivity contribution is 0.104. The van der Waals surface area contributed by atoms with Gasteiger partial charge in [0.2, 0.25) is 5.78 Å². The smallest absolute Gasteiger partial charge is 0.206 e. The van der Waals surface area contributed by atoms with E-state index in [1.807, 2.05) is 29.6 Å². The van der Waals surface area contributed by atoms with Crippen molar-refractivity contribution in [3.8, 4) is 5.75 Å². The van der Waals surface area contributed by atoms with Crippen molar-refractivity contribution in [2.24, 2.45) is 0 Å². The molecule has 0 unspecified atom stereocenters. The van der Waals surface area contributed by atoms with Crippen LogP contribution < -0.4 is 4.74 Å². The summed E-state index contributed by atoms with van der Waals surface area (Å²) in [6.07, 6.45) is 3.81. The molecule has 1 saturated carbocycles. The standard InChI is InChI=1S/C16H16O2S/c1-18-14-8-9-19-16(14)15(17)13-7-3-6-12(10-13)11-4-2-5-11/h3,6-11H,2,4-5H2,1H3. The van der Waals surface area contributed by atoms with Crippen molar-refractivity contribution in [3.05, 3.63) is 51.7 Å². The fraction of sp³-hybridized carbons (Fsp3) is 0.312. The van der Waals surface area contributed by atoms with Crippen molar-refractivity contribution in [2.45, 2.75) is 25.2 Å². The van der Waals surface area contributed by atoms with Crippen LogP contribution in [-0.4, -0.2) is 12.9 Å². The highest BCUT2D eigenvalue weighted by Crippen LogP contribution is 2.37. The van der Waals surface area contributed by atoms with Gasteiger partial charge in [0.05, 0.1) is 7.11 Å². The summed E-state index contributed by atoms with van der Waals surface area (Å²) in [4.78, 5) is 13.2. The average molecular weight is 272 g/mol. The number of ketones is 1. The predicted molar refractivity (Wildman–Crippen MR) is 77.3 cm³/mol. The zero-order valence-corrected chi connectivity index (χ0v) is 11.7.